The first-order valence-corrected chi connectivity index (χ1v) is 5.61. The van der Waals surface area contributed by atoms with Gasteiger partial charge in [0.25, 0.3) is 5.91 Å². The molecule has 3 nitrogen and oxygen atoms in total. The fraction of sp³-hybridized carbons (Fsp3) is 0.417. The van der Waals surface area contributed by atoms with Crippen molar-refractivity contribution in [2.45, 2.75) is 13.1 Å². The minimum Gasteiger partial charge on any atom is -0.351 e. The van der Waals surface area contributed by atoms with Crippen molar-refractivity contribution in [3.63, 3.8) is 0 Å². The summed E-state index contributed by atoms with van der Waals surface area (Å²) in [4.78, 5) is 11.5. The molecular weight excluding hydrogens is 245 g/mol. The number of carbonyl (C=O) groups excluding carboxylic acids is 1. The highest BCUT2D eigenvalue weighted by Gasteiger charge is 2.30. The number of carbonyl (C=O) groups is 1. The first kappa shape index (κ1) is 14.5. The topological polar surface area (TPSA) is 41.1 Å². The molecule has 0 atom stereocenters. The van der Waals surface area contributed by atoms with Crippen LogP contribution in [0.1, 0.15) is 22.8 Å². The highest BCUT2D eigenvalue weighted by atomic mass is 19.4. The van der Waals surface area contributed by atoms with Crippen molar-refractivity contribution in [3.05, 3.63) is 35.4 Å². The van der Waals surface area contributed by atoms with Crippen LogP contribution < -0.4 is 10.6 Å². The largest absolute Gasteiger partial charge is 0.416 e. The Morgan fingerprint density at radius 3 is 2.28 bits per heavy atom. The molecule has 0 saturated carbocycles. The third-order valence-corrected chi connectivity index (χ3v) is 2.31. The Labute approximate surface area is 103 Å². The number of rotatable bonds is 5. The number of hydrogen-bond acceptors (Lipinski definition) is 2. The molecule has 6 heteroatoms. The van der Waals surface area contributed by atoms with E-state index in [0.29, 0.717) is 13.1 Å². The molecule has 0 aliphatic carbocycles. The maximum absolute atomic E-state index is 12.3. The number of alkyl halides is 3. The van der Waals surface area contributed by atoms with E-state index in [1.165, 1.54) is 12.1 Å². The van der Waals surface area contributed by atoms with Gasteiger partial charge in [0.15, 0.2) is 0 Å². The monoisotopic (exact) mass is 260 g/mol. The zero-order valence-electron chi connectivity index (χ0n) is 9.97. The predicted octanol–water partition coefficient (Wildman–Crippen LogP) is 2.04. The summed E-state index contributed by atoms with van der Waals surface area (Å²) >= 11 is 0. The van der Waals surface area contributed by atoms with E-state index in [2.05, 4.69) is 10.6 Å². The molecule has 0 bridgehead atoms. The lowest BCUT2D eigenvalue weighted by Crippen LogP contribution is -2.31. The first-order chi connectivity index (χ1) is 8.45. The summed E-state index contributed by atoms with van der Waals surface area (Å²) in [7, 11) is 0. The standard InChI is InChI=1S/C12H15F3N2O/c1-2-16-7-8-17-11(18)9-3-5-10(6-4-9)12(13,14)15/h3-6,16H,2,7-8H2,1H3,(H,17,18). The van der Waals surface area contributed by atoms with Crippen molar-refractivity contribution in [2.75, 3.05) is 19.6 Å². The van der Waals surface area contributed by atoms with Crippen molar-refractivity contribution in [2.24, 2.45) is 0 Å². The SMILES string of the molecule is CCNCCNC(=O)c1ccc(C(F)(F)F)cc1. The maximum atomic E-state index is 12.3. The molecule has 1 amide bonds. The van der Waals surface area contributed by atoms with Crippen LogP contribution in [0.4, 0.5) is 13.2 Å². The number of hydrogen-bond donors (Lipinski definition) is 2. The van der Waals surface area contributed by atoms with E-state index in [-0.39, 0.29) is 11.5 Å². The van der Waals surface area contributed by atoms with Crippen molar-refractivity contribution in [1.82, 2.24) is 10.6 Å². The summed E-state index contributed by atoms with van der Waals surface area (Å²) in [6, 6.07) is 4.15. The van der Waals surface area contributed by atoms with Gasteiger partial charge in [-0.1, -0.05) is 6.92 Å². The molecule has 0 aromatic heterocycles. The van der Waals surface area contributed by atoms with Crippen LogP contribution >= 0.6 is 0 Å². The average Bonchev–Trinajstić information content (AvgIpc) is 2.33. The van der Waals surface area contributed by atoms with Crippen LogP contribution in [0, 0.1) is 0 Å². The summed E-state index contributed by atoms with van der Waals surface area (Å²) in [6.45, 7) is 3.81. The van der Waals surface area contributed by atoms with Crippen LogP contribution in [-0.2, 0) is 6.18 Å². The van der Waals surface area contributed by atoms with Crippen molar-refractivity contribution < 1.29 is 18.0 Å². The molecule has 0 unspecified atom stereocenters. The van der Waals surface area contributed by atoms with Crippen LogP contribution in [-0.4, -0.2) is 25.5 Å². The zero-order valence-corrected chi connectivity index (χ0v) is 9.97. The average molecular weight is 260 g/mol. The lowest BCUT2D eigenvalue weighted by molar-refractivity contribution is -0.137. The smallest absolute Gasteiger partial charge is 0.351 e. The fourth-order valence-electron chi connectivity index (χ4n) is 1.35. The summed E-state index contributed by atoms with van der Waals surface area (Å²) in [6.07, 6.45) is -4.37. The molecule has 0 radical (unpaired) electrons. The van der Waals surface area contributed by atoms with Gasteiger partial charge in [0.2, 0.25) is 0 Å². The number of amides is 1. The molecular formula is C12H15F3N2O. The number of benzene rings is 1. The van der Waals surface area contributed by atoms with E-state index in [1.807, 2.05) is 6.92 Å². The number of nitrogens with one attached hydrogen (secondary N) is 2. The van der Waals surface area contributed by atoms with E-state index in [9.17, 15) is 18.0 Å². The van der Waals surface area contributed by atoms with Gasteiger partial charge in [-0.15, -0.1) is 0 Å². The van der Waals surface area contributed by atoms with Gasteiger partial charge in [0.05, 0.1) is 5.56 Å². The molecule has 2 N–H and O–H groups in total. The van der Waals surface area contributed by atoms with Crippen molar-refractivity contribution >= 4 is 5.91 Å². The van der Waals surface area contributed by atoms with E-state index in [4.69, 9.17) is 0 Å². The molecule has 0 spiro atoms. The van der Waals surface area contributed by atoms with Crippen molar-refractivity contribution in [1.29, 1.82) is 0 Å². The fourth-order valence-corrected chi connectivity index (χ4v) is 1.35. The molecule has 1 aromatic rings. The lowest BCUT2D eigenvalue weighted by Gasteiger charge is -2.08. The molecule has 1 rings (SSSR count). The maximum Gasteiger partial charge on any atom is 0.416 e. The molecule has 0 fully saturated rings. The van der Waals surface area contributed by atoms with Gasteiger partial charge in [-0.3, -0.25) is 4.79 Å². The molecule has 0 aliphatic heterocycles. The third kappa shape index (κ3) is 4.37. The van der Waals surface area contributed by atoms with Crippen LogP contribution in [0.3, 0.4) is 0 Å². The van der Waals surface area contributed by atoms with Gasteiger partial charge >= 0.3 is 6.18 Å². The Balaban J connectivity index is 2.54. The second kappa shape index (κ2) is 6.39. The Hall–Kier alpha value is -1.56. The highest BCUT2D eigenvalue weighted by molar-refractivity contribution is 5.94. The van der Waals surface area contributed by atoms with Crippen LogP contribution in [0.5, 0.6) is 0 Å². The Morgan fingerprint density at radius 1 is 1.17 bits per heavy atom. The zero-order chi connectivity index (χ0) is 13.6. The van der Waals surface area contributed by atoms with E-state index >= 15 is 0 Å². The predicted molar refractivity (Wildman–Crippen MR) is 62.3 cm³/mol. The minimum atomic E-state index is -4.37. The molecule has 18 heavy (non-hydrogen) atoms. The second-order valence-electron chi connectivity index (χ2n) is 3.68. The van der Waals surface area contributed by atoms with Crippen LogP contribution in [0.25, 0.3) is 0 Å². The van der Waals surface area contributed by atoms with Gasteiger partial charge in [-0.05, 0) is 30.8 Å². The van der Waals surface area contributed by atoms with Gasteiger partial charge in [0, 0.05) is 18.7 Å². The lowest BCUT2D eigenvalue weighted by atomic mass is 10.1. The Kier molecular flexibility index (Phi) is 5.15. The van der Waals surface area contributed by atoms with Crippen LogP contribution in [0.15, 0.2) is 24.3 Å². The molecule has 1 aromatic carbocycles. The summed E-state index contributed by atoms with van der Waals surface area (Å²) < 4.78 is 36.9. The number of likely N-dealkylation sites (N-methyl/N-ethyl adjacent to an activating group) is 1. The van der Waals surface area contributed by atoms with Gasteiger partial charge < -0.3 is 10.6 Å². The summed E-state index contributed by atoms with van der Waals surface area (Å²) in [5.41, 5.74) is -0.536. The van der Waals surface area contributed by atoms with Crippen LogP contribution in [0.2, 0.25) is 0 Å². The summed E-state index contributed by atoms with van der Waals surface area (Å²) in [5.74, 6) is -0.373. The number of halogens is 3. The van der Waals surface area contributed by atoms with E-state index < -0.39 is 11.7 Å². The quantitative estimate of drug-likeness (QED) is 0.795. The van der Waals surface area contributed by atoms with Gasteiger partial charge in [0.1, 0.15) is 0 Å². The van der Waals surface area contributed by atoms with Gasteiger partial charge in [-0.25, -0.2) is 0 Å². The molecule has 0 aliphatic rings. The molecule has 100 valence electrons. The van der Waals surface area contributed by atoms with E-state index in [0.717, 1.165) is 18.7 Å². The van der Waals surface area contributed by atoms with E-state index in [1.54, 1.807) is 0 Å². The second-order valence-corrected chi connectivity index (χ2v) is 3.68. The molecule has 0 saturated heterocycles. The van der Waals surface area contributed by atoms with Gasteiger partial charge in [-0.2, -0.15) is 13.2 Å². The normalized spacial score (nSPS) is 11.3. The summed E-state index contributed by atoms with van der Waals surface area (Å²) in [5, 5.41) is 5.63. The first-order valence-electron chi connectivity index (χ1n) is 5.61. The van der Waals surface area contributed by atoms with Crippen molar-refractivity contribution in [3.8, 4) is 0 Å². The third-order valence-electron chi connectivity index (χ3n) is 2.31. The Bertz CT molecular complexity index is 387. The Morgan fingerprint density at radius 2 is 1.78 bits per heavy atom. The minimum absolute atomic E-state index is 0.222. The highest BCUT2D eigenvalue weighted by Crippen LogP contribution is 2.28. The molecule has 0 heterocycles.